The fraction of sp³-hybridized carbons (Fsp3) is 0.450. The minimum absolute atomic E-state index is 0.178. The van der Waals surface area contributed by atoms with Crippen molar-refractivity contribution in [3.63, 3.8) is 0 Å². The van der Waals surface area contributed by atoms with Crippen molar-refractivity contribution in [3.8, 4) is 22.6 Å². The van der Waals surface area contributed by atoms with Gasteiger partial charge in [0.1, 0.15) is 5.75 Å². The smallest absolute Gasteiger partial charge is 0.292 e. The van der Waals surface area contributed by atoms with Crippen molar-refractivity contribution in [1.29, 1.82) is 0 Å². The normalized spacial score (nSPS) is 16.2. The first-order valence-electron chi connectivity index (χ1n) is 9.10. The molecule has 0 amide bonds. The van der Waals surface area contributed by atoms with Crippen LogP contribution in [0.15, 0.2) is 35.3 Å². The molecule has 1 atom stereocenters. The van der Waals surface area contributed by atoms with Crippen molar-refractivity contribution in [2.45, 2.75) is 32.4 Å². The molecule has 5 nitrogen and oxygen atoms in total. The maximum atomic E-state index is 12.1. The topological polar surface area (TPSA) is 60.7 Å². The van der Waals surface area contributed by atoms with E-state index in [1.54, 1.807) is 19.3 Å². The molecule has 2 aromatic rings. The van der Waals surface area contributed by atoms with Crippen LogP contribution in [-0.4, -0.2) is 31.4 Å². The predicted octanol–water partition coefficient (Wildman–Crippen LogP) is 2.64. The molecule has 1 aliphatic carbocycles. The molecule has 3 rings (SSSR count). The molecule has 1 heterocycles. The minimum atomic E-state index is -2.47. The third-order valence-electron chi connectivity index (χ3n) is 5.14. The van der Waals surface area contributed by atoms with E-state index >= 15 is 0 Å². The number of pyridine rings is 1. The van der Waals surface area contributed by atoms with Gasteiger partial charge in [-0.15, -0.1) is 0 Å². The summed E-state index contributed by atoms with van der Waals surface area (Å²) in [7, 11) is 0.730. The number of rotatable bonds is 7. The second-order valence-corrected chi connectivity index (χ2v) is 11.1. The molecule has 26 heavy (non-hydrogen) atoms. The molecule has 1 fully saturated rings. The number of methoxy groups -OCH3 is 1. The maximum Gasteiger partial charge on any atom is 0.292 e. The van der Waals surface area contributed by atoms with Gasteiger partial charge in [-0.2, -0.15) is 0 Å². The van der Waals surface area contributed by atoms with Crippen molar-refractivity contribution in [1.82, 2.24) is 4.57 Å². The van der Waals surface area contributed by atoms with Crippen LogP contribution in [0.1, 0.15) is 19.8 Å². The first-order valence-corrected chi connectivity index (χ1v) is 11.8. The van der Waals surface area contributed by atoms with Crippen molar-refractivity contribution in [2.24, 2.45) is 13.0 Å². The van der Waals surface area contributed by atoms with Gasteiger partial charge >= 0.3 is 0 Å². The van der Waals surface area contributed by atoms with E-state index in [4.69, 9.17) is 9.47 Å². The van der Waals surface area contributed by atoms with E-state index in [1.165, 1.54) is 24.5 Å². The summed E-state index contributed by atoms with van der Waals surface area (Å²) in [6.07, 6.45) is 4.23. The second kappa shape index (κ2) is 7.29. The van der Waals surface area contributed by atoms with Gasteiger partial charge in [0, 0.05) is 24.4 Å². The van der Waals surface area contributed by atoms with E-state index in [9.17, 15) is 9.59 Å². The zero-order valence-corrected chi connectivity index (χ0v) is 16.9. The minimum Gasteiger partial charge on any atom is -0.493 e. The summed E-state index contributed by atoms with van der Waals surface area (Å²) < 4.78 is 12.8. The van der Waals surface area contributed by atoms with E-state index in [0.717, 1.165) is 28.1 Å². The van der Waals surface area contributed by atoms with Crippen molar-refractivity contribution in [3.05, 3.63) is 40.8 Å². The van der Waals surface area contributed by atoms with Crippen LogP contribution in [-0.2, 0) is 7.05 Å². The lowest BCUT2D eigenvalue weighted by Gasteiger charge is -2.21. The van der Waals surface area contributed by atoms with Gasteiger partial charge in [-0.25, -0.2) is 0 Å². The summed E-state index contributed by atoms with van der Waals surface area (Å²) in [5, 5.41) is 0.960. The van der Waals surface area contributed by atoms with E-state index < -0.39 is 8.32 Å². The number of aromatic nitrogens is 1. The first-order chi connectivity index (χ1) is 12.4. The summed E-state index contributed by atoms with van der Waals surface area (Å²) in [6.45, 7) is 4.66. The molecule has 6 heteroatoms. The standard InChI is InChI=1S/C20H27NO4Si/c1-5-26(4,23)16-8-9-18(25-13-14-6-7-14)17(11-16)15-10-19(24-3)20(22)21(2)12-15/h8-12,14,23H,5-7,13H2,1-4H3/t26-/m0/s1. The van der Waals surface area contributed by atoms with Crippen LogP contribution in [0.5, 0.6) is 11.5 Å². The predicted molar refractivity (Wildman–Crippen MR) is 106 cm³/mol. The number of nitrogens with zero attached hydrogens (tertiary/aromatic N) is 1. The molecule has 1 N–H and O–H groups in total. The Morgan fingerprint density at radius 2 is 2.00 bits per heavy atom. The largest absolute Gasteiger partial charge is 0.493 e. The average Bonchev–Trinajstić information content (AvgIpc) is 3.46. The number of hydrogen-bond donors (Lipinski definition) is 1. The van der Waals surface area contributed by atoms with Crippen molar-refractivity contribution < 1.29 is 14.3 Å². The van der Waals surface area contributed by atoms with E-state index in [-0.39, 0.29) is 5.56 Å². The summed E-state index contributed by atoms with van der Waals surface area (Å²) in [5.74, 6) is 1.72. The average molecular weight is 374 g/mol. The molecule has 140 valence electrons. The van der Waals surface area contributed by atoms with Crippen molar-refractivity contribution in [2.75, 3.05) is 13.7 Å². The molecule has 0 spiro atoms. The monoisotopic (exact) mass is 373 g/mol. The molecule has 0 saturated heterocycles. The Labute approximate surface area is 155 Å². The van der Waals surface area contributed by atoms with Gasteiger partial charge < -0.3 is 18.8 Å². The number of benzene rings is 1. The van der Waals surface area contributed by atoms with Gasteiger partial charge in [-0.1, -0.05) is 13.0 Å². The van der Waals surface area contributed by atoms with Crippen LogP contribution in [0.25, 0.3) is 11.1 Å². The Balaban J connectivity index is 2.10. The lowest BCUT2D eigenvalue weighted by Crippen LogP contribution is -2.44. The number of aryl methyl sites for hydroxylation is 1. The SMILES string of the molecule is CC[Si@](C)(O)c1ccc(OCC2CC2)c(-c2cc(OC)c(=O)n(C)c2)c1. The zero-order chi connectivity index (χ0) is 18.9. The second-order valence-electron chi connectivity index (χ2n) is 7.31. The highest BCUT2D eigenvalue weighted by Gasteiger charge is 2.27. The maximum absolute atomic E-state index is 12.1. The molecule has 1 saturated carbocycles. The van der Waals surface area contributed by atoms with Gasteiger partial charge in [-0.05, 0) is 54.7 Å². The molecule has 1 aromatic heterocycles. The molecule has 0 aliphatic heterocycles. The van der Waals surface area contributed by atoms with Gasteiger partial charge in [0.25, 0.3) is 5.56 Å². The molecule has 1 aliphatic rings. The molecule has 0 bridgehead atoms. The van der Waals surface area contributed by atoms with Gasteiger partial charge in [0.15, 0.2) is 5.75 Å². The molecular formula is C20H27NO4Si. The highest BCUT2D eigenvalue weighted by molar-refractivity contribution is 6.84. The summed E-state index contributed by atoms with van der Waals surface area (Å²) >= 11 is 0. The Morgan fingerprint density at radius 1 is 1.27 bits per heavy atom. The first kappa shape index (κ1) is 18.7. The Kier molecular flexibility index (Phi) is 5.25. The summed E-state index contributed by atoms with van der Waals surface area (Å²) in [6, 6.07) is 8.42. The Morgan fingerprint density at radius 3 is 2.62 bits per heavy atom. The van der Waals surface area contributed by atoms with Crippen molar-refractivity contribution >= 4 is 13.5 Å². The van der Waals surface area contributed by atoms with Crippen LogP contribution in [0.3, 0.4) is 0 Å². The third-order valence-corrected chi connectivity index (χ3v) is 8.07. The summed E-state index contributed by atoms with van der Waals surface area (Å²) in [5.41, 5.74) is 1.55. The lowest BCUT2D eigenvalue weighted by atomic mass is 10.1. The van der Waals surface area contributed by atoms with Crippen LogP contribution >= 0.6 is 0 Å². The fourth-order valence-electron chi connectivity index (χ4n) is 2.89. The summed E-state index contributed by atoms with van der Waals surface area (Å²) in [4.78, 5) is 22.9. The third kappa shape index (κ3) is 3.86. The Hall–Kier alpha value is -2.05. The molecule has 0 radical (unpaired) electrons. The molecule has 1 aromatic carbocycles. The quantitative estimate of drug-likeness (QED) is 0.758. The van der Waals surface area contributed by atoms with E-state index in [0.29, 0.717) is 18.3 Å². The Bertz CT molecular complexity index is 855. The van der Waals surface area contributed by atoms with Gasteiger partial charge in [-0.3, -0.25) is 4.79 Å². The van der Waals surface area contributed by atoms with Crippen LogP contribution in [0.4, 0.5) is 0 Å². The highest BCUT2D eigenvalue weighted by Crippen LogP contribution is 2.34. The van der Waals surface area contributed by atoms with Crippen LogP contribution < -0.4 is 20.2 Å². The zero-order valence-electron chi connectivity index (χ0n) is 15.9. The van der Waals surface area contributed by atoms with E-state index in [1.807, 2.05) is 31.7 Å². The van der Waals surface area contributed by atoms with E-state index in [2.05, 4.69) is 0 Å². The van der Waals surface area contributed by atoms with Crippen LogP contribution in [0, 0.1) is 5.92 Å². The fourth-order valence-corrected chi connectivity index (χ4v) is 4.19. The number of ether oxygens (including phenoxy) is 2. The molecule has 0 unspecified atom stereocenters. The lowest BCUT2D eigenvalue weighted by molar-refractivity contribution is 0.301. The van der Waals surface area contributed by atoms with Crippen LogP contribution in [0.2, 0.25) is 12.6 Å². The van der Waals surface area contributed by atoms with Gasteiger partial charge in [0.05, 0.1) is 13.7 Å². The number of hydrogen-bond acceptors (Lipinski definition) is 4. The van der Waals surface area contributed by atoms with Gasteiger partial charge in [0.2, 0.25) is 8.32 Å². The highest BCUT2D eigenvalue weighted by atomic mass is 28.4. The molecular weight excluding hydrogens is 346 g/mol.